The van der Waals surface area contributed by atoms with E-state index in [1.807, 2.05) is 18.2 Å². The van der Waals surface area contributed by atoms with E-state index >= 15 is 0 Å². The predicted molar refractivity (Wildman–Crippen MR) is 98.4 cm³/mol. The first kappa shape index (κ1) is 16.3. The van der Waals surface area contributed by atoms with E-state index < -0.39 is 0 Å². The molecule has 0 saturated carbocycles. The van der Waals surface area contributed by atoms with E-state index in [0.717, 1.165) is 0 Å². The lowest BCUT2D eigenvalue weighted by molar-refractivity contribution is 0.102. The van der Waals surface area contributed by atoms with Crippen molar-refractivity contribution in [3.63, 3.8) is 0 Å². The lowest BCUT2D eigenvalue weighted by atomic mass is 10.2. The van der Waals surface area contributed by atoms with E-state index in [4.69, 9.17) is 23.2 Å². The molecule has 0 spiro atoms. The number of para-hydroxylation sites is 1. The first-order valence-corrected chi connectivity index (χ1v) is 7.92. The van der Waals surface area contributed by atoms with Crippen molar-refractivity contribution >= 4 is 46.3 Å². The van der Waals surface area contributed by atoms with Gasteiger partial charge in [-0.2, -0.15) is 0 Å². The number of halogens is 2. The lowest BCUT2D eigenvalue weighted by Crippen LogP contribution is -2.14. The molecule has 1 heterocycles. The Bertz CT molecular complexity index is 866. The molecule has 4 nitrogen and oxygen atoms in total. The third kappa shape index (κ3) is 3.85. The molecular formula is C18H13Cl2N3O. The molecule has 0 aliphatic rings. The molecule has 0 unspecified atom stereocenters. The van der Waals surface area contributed by atoms with Crippen molar-refractivity contribution in [1.82, 2.24) is 4.98 Å². The maximum absolute atomic E-state index is 12.5. The zero-order chi connectivity index (χ0) is 16.9. The molecule has 0 saturated heterocycles. The normalized spacial score (nSPS) is 10.2. The summed E-state index contributed by atoms with van der Waals surface area (Å²) in [5.74, 6) is 0.150. The van der Waals surface area contributed by atoms with E-state index in [1.54, 1.807) is 48.7 Å². The van der Waals surface area contributed by atoms with Gasteiger partial charge < -0.3 is 10.6 Å². The number of hydrogen-bond acceptors (Lipinski definition) is 3. The quantitative estimate of drug-likeness (QED) is 0.658. The Kier molecular flexibility index (Phi) is 4.99. The molecule has 2 N–H and O–H groups in total. The van der Waals surface area contributed by atoms with Gasteiger partial charge in [0.05, 0.1) is 16.3 Å². The smallest absolute Gasteiger partial charge is 0.259 e. The van der Waals surface area contributed by atoms with Crippen LogP contribution in [0.4, 0.5) is 17.2 Å². The highest BCUT2D eigenvalue weighted by Gasteiger charge is 2.13. The number of hydrogen-bond donors (Lipinski definition) is 2. The Hall–Kier alpha value is -2.56. The Balaban J connectivity index is 1.84. The van der Waals surface area contributed by atoms with Crippen molar-refractivity contribution < 1.29 is 4.79 Å². The third-order valence-electron chi connectivity index (χ3n) is 3.28. The summed E-state index contributed by atoms with van der Waals surface area (Å²) in [6, 6.07) is 17.6. The fourth-order valence-corrected chi connectivity index (χ4v) is 2.42. The van der Waals surface area contributed by atoms with Crippen LogP contribution in [0.3, 0.4) is 0 Å². The topological polar surface area (TPSA) is 54.0 Å². The van der Waals surface area contributed by atoms with Crippen LogP contribution in [0.5, 0.6) is 0 Å². The number of amides is 1. The number of carbonyl (C=O) groups is 1. The standard InChI is InChI=1S/C18H13Cl2N3O/c19-12-7-9-13(10-8-12)22-18(24)14-4-3-11-21-17(14)23-16-6-2-1-5-15(16)20/h1-11H,(H,21,23)(H,22,24). The number of pyridine rings is 1. The zero-order valence-electron chi connectivity index (χ0n) is 12.5. The summed E-state index contributed by atoms with van der Waals surface area (Å²) >= 11 is 12.0. The minimum absolute atomic E-state index is 0.278. The molecule has 120 valence electrons. The summed E-state index contributed by atoms with van der Waals surface area (Å²) in [7, 11) is 0. The van der Waals surface area contributed by atoms with Gasteiger partial charge in [-0.1, -0.05) is 35.3 Å². The minimum Gasteiger partial charge on any atom is -0.338 e. The van der Waals surface area contributed by atoms with Crippen molar-refractivity contribution in [3.05, 3.63) is 82.5 Å². The Morgan fingerprint density at radius 2 is 1.67 bits per heavy atom. The van der Waals surface area contributed by atoms with Gasteiger partial charge in [-0.25, -0.2) is 4.98 Å². The molecular weight excluding hydrogens is 345 g/mol. The molecule has 0 fully saturated rings. The van der Waals surface area contributed by atoms with Crippen LogP contribution in [-0.4, -0.2) is 10.9 Å². The maximum Gasteiger partial charge on any atom is 0.259 e. The van der Waals surface area contributed by atoms with E-state index in [1.165, 1.54) is 0 Å². The second-order valence-electron chi connectivity index (χ2n) is 4.97. The van der Waals surface area contributed by atoms with Crippen LogP contribution in [-0.2, 0) is 0 Å². The maximum atomic E-state index is 12.5. The van der Waals surface area contributed by atoms with Gasteiger partial charge in [0.15, 0.2) is 0 Å². The average molecular weight is 358 g/mol. The van der Waals surface area contributed by atoms with Crippen LogP contribution < -0.4 is 10.6 Å². The van der Waals surface area contributed by atoms with E-state index in [0.29, 0.717) is 32.8 Å². The largest absolute Gasteiger partial charge is 0.338 e. The van der Waals surface area contributed by atoms with E-state index in [-0.39, 0.29) is 5.91 Å². The molecule has 1 aromatic heterocycles. The molecule has 0 bridgehead atoms. The molecule has 0 atom stereocenters. The predicted octanol–water partition coefficient (Wildman–Crippen LogP) is 5.38. The fraction of sp³-hybridized carbons (Fsp3) is 0. The van der Waals surface area contributed by atoms with Crippen LogP contribution in [0.1, 0.15) is 10.4 Å². The molecule has 2 aromatic carbocycles. The van der Waals surface area contributed by atoms with Crippen LogP contribution >= 0.6 is 23.2 Å². The summed E-state index contributed by atoms with van der Waals surface area (Å²) in [6.45, 7) is 0. The number of rotatable bonds is 4. The highest BCUT2D eigenvalue weighted by Crippen LogP contribution is 2.26. The van der Waals surface area contributed by atoms with Gasteiger partial charge >= 0.3 is 0 Å². The first-order valence-electron chi connectivity index (χ1n) is 7.17. The third-order valence-corrected chi connectivity index (χ3v) is 3.86. The molecule has 0 aliphatic heterocycles. The molecule has 0 aliphatic carbocycles. The van der Waals surface area contributed by atoms with Gasteiger partial charge in [0, 0.05) is 16.9 Å². The molecule has 0 radical (unpaired) electrons. The van der Waals surface area contributed by atoms with Crippen LogP contribution in [0.2, 0.25) is 10.0 Å². The van der Waals surface area contributed by atoms with Crippen LogP contribution in [0.15, 0.2) is 66.9 Å². The second-order valence-corrected chi connectivity index (χ2v) is 5.81. The highest BCUT2D eigenvalue weighted by atomic mass is 35.5. The number of anilines is 3. The van der Waals surface area contributed by atoms with Crippen molar-refractivity contribution in [2.45, 2.75) is 0 Å². The average Bonchev–Trinajstić information content (AvgIpc) is 2.59. The van der Waals surface area contributed by atoms with Crippen LogP contribution in [0.25, 0.3) is 0 Å². The van der Waals surface area contributed by atoms with Crippen molar-refractivity contribution in [2.75, 3.05) is 10.6 Å². The number of benzene rings is 2. The molecule has 1 amide bonds. The van der Waals surface area contributed by atoms with E-state index in [2.05, 4.69) is 15.6 Å². The van der Waals surface area contributed by atoms with Crippen molar-refractivity contribution in [3.8, 4) is 0 Å². The van der Waals surface area contributed by atoms with Crippen molar-refractivity contribution in [1.29, 1.82) is 0 Å². The van der Waals surface area contributed by atoms with Gasteiger partial charge in [-0.3, -0.25) is 4.79 Å². The number of nitrogens with zero attached hydrogens (tertiary/aromatic N) is 1. The number of aromatic nitrogens is 1. The minimum atomic E-state index is -0.278. The summed E-state index contributed by atoms with van der Waals surface area (Å²) in [6.07, 6.45) is 1.61. The number of carbonyl (C=O) groups excluding carboxylic acids is 1. The van der Waals surface area contributed by atoms with Gasteiger partial charge in [0.25, 0.3) is 5.91 Å². The van der Waals surface area contributed by atoms with Gasteiger partial charge in [-0.15, -0.1) is 0 Å². The zero-order valence-corrected chi connectivity index (χ0v) is 14.0. The summed E-state index contributed by atoms with van der Waals surface area (Å²) < 4.78 is 0. The molecule has 6 heteroatoms. The highest BCUT2D eigenvalue weighted by molar-refractivity contribution is 6.33. The summed E-state index contributed by atoms with van der Waals surface area (Å²) in [5.41, 5.74) is 1.74. The molecule has 24 heavy (non-hydrogen) atoms. The van der Waals surface area contributed by atoms with Gasteiger partial charge in [-0.05, 0) is 48.5 Å². The van der Waals surface area contributed by atoms with Crippen molar-refractivity contribution in [2.24, 2.45) is 0 Å². The number of nitrogens with one attached hydrogen (secondary N) is 2. The molecule has 3 rings (SSSR count). The van der Waals surface area contributed by atoms with E-state index in [9.17, 15) is 4.79 Å². The Morgan fingerprint density at radius 3 is 2.42 bits per heavy atom. The Morgan fingerprint density at radius 1 is 0.917 bits per heavy atom. The van der Waals surface area contributed by atoms with Gasteiger partial charge in [0.1, 0.15) is 5.82 Å². The monoisotopic (exact) mass is 357 g/mol. The summed E-state index contributed by atoms with van der Waals surface area (Å²) in [5, 5.41) is 7.06. The SMILES string of the molecule is O=C(Nc1ccc(Cl)cc1)c1cccnc1Nc1ccccc1Cl. The first-order chi connectivity index (χ1) is 11.6. The second kappa shape index (κ2) is 7.34. The summed E-state index contributed by atoms with van der Waals surface area (Å²) in [4.78, 5) is 16.8. The molecule has 3 aromatic rings. The Labute approximate surface area is 149 Å². The fourth-order valence-electron chi connectivity index (χ4n) is 2.11. The van der Waals surface area contributed by atoms with Gasteiger partial charge in [0.2, 0.25) is 0 Å². The lowest BCUT2D eigenvalue weighted by Gasteiger charge is -2.12. The van der Waals surface area contributed by atoms with Crippen LogP contribution in [0, 0.1) is 0 Å².